The lowest BCUT2D eigenvalue weighted by Gasteiger charge is -2.34. The quantitative estimate of drug-likeness (QED) is 0.538. The third kappa shape index (κ3) is 5.32. The zero-order chi connectivity index (χ0) is 21.0. The van der Waals surface area contributed by atoms with Crippen molar-refractivity contribution in [2.45, 2.75) is 43.2 Å². The third-order valence-corrected chi connectivity index (χ3v) is 7.68. The van der Waals surface area contributed by atoms with Crippen molar-refractivity contribution in [1.82, 2.24) is 9.21 Å². The summed E-state index contributed by atoms with van der Waals surface area (Å²) in [6.45, 7) is 3.21. The average molecular weight is 441 g/mol. The number of hydrogen-bond donors (Lipinski definition) is 1. The Morgan fingerprint density at radius 1 is 1.17 bits per heavy atom. The second-order valence-electron chi connectivity index (χ2n) is 7.57. The van der Waals surface area contributed by atoms with Crippen LogP contribution in [0, 0.1) is 5.92 Å². The molecule has 2 saturated heterocycles. The number of benzene rings is 1. The molecule has 0 radical (unpaired) electrons. The maximum absolute atomic E-state index is 13.1. The van der Waals surface area contributed by atoms with Crippen molar-refractivity contribution in [3.05, 3.63) is 35.9 Å². The summed E-state index contributed by atoms with van der Waals surface area (Å²) in [6, 6.07) is 8.23. The van der Waals surface area contributed by atoms with Gasteiger partial charge in [-0.25, -0.2) is 8.42 Å². The number of amides is 1. The minimum Gasteiger partial charge on any atom is -0.466 e. The molecule has 1 aromatic carbocycles. The fourth-order valence-electron chi connectivity index (χ4n) is 3.99. The Balaban J connectivity index is 1.67. The van der Waals surface area contributed by atoms with Gasteiger partial charge in [0.2, 0.25) is 15.9 Å². The summed E-state index contributed by atoms with van der Waals surface area (Å²) in [6.07, 6.45) is 1.48. The predicted octanol–water partition coefficient (Wildman–Crippen LogP) is 1.69. The molecule has 2 atom stereocenters. The van der Waals surface area contributed by atoms with Crippen LogP contribution in [0.1, 0.15) is 31.7 Å². The molecule has 9 heteroatoms. The molecule has 7 nitrogen and oxygen atoms in total. The van der Waals surface area contributed by atoms with E-state index in [9.17, 15) is 18.0 Å². The number of carbonyl (C=O) groups excluding carboxylic acids is 2. The van der Waals surface area contributed by atoms with E-state index >= 15 is 0 Å². The molecule has 0 spiro atoms. The molecule has 0 aliphatic carbocycles. The largest absolute Gasteiger partial charge is 0.466 e. The van der Waals surface area contributed by atoms with Gasteiger partial charge < -0.3 is 9.64 Å². The fourth-order valence-corrected chi connectivity index (χ4v) is 6.23. The van der Waals surface area contributed by atoms with Crippen LogP contribution in [-0.2, 0) is 30.1 Å². The molecule has 1 amide bonds. The summed E-state index contributed by atoms with van der Waals surface area (Å²) in [7, 11) is -3.65. The monoisotopic (exact) mass is 440 g/mol. The maximum atomic E-state index is 13.1. The third-order valence-electron chi connectivity index (χ3n) is 5.49. The van der Waals surface area contributed by atoms with Crippen LogP contribution in [0.5, 0.6) is 0 Å². The van der Waals surface area contributed by atoms with Crippen LogP contribution in [0.4, 0.5) is 0 Å². The topological polar surface area (TPSA) is 84.0 Å². The van der Waals surface area contributed by atoms with Crippen LogP contribution in [0.2, 0.25) is 0 Å². The summed E-state index contributed by atoms with van der Waals surface area (Å²) in [5.74, 6) is -0.746. The SMILES string of the molecule is CCOC(=O)C1CCN(C(=O)[C@@H]2C[C@H](S)CN2S(=O)(=O)Cc2ccccc2)CC1. The van der Waals surface area contributed by atoms with E-state index in [0.717, 1.165) is 0 Å². The number of piperidine rings is 1. The molecular weight excluding hydrogens is 412 g/mol. The Morgan fingerprint density at radius 2 is 1.83 bits per heavy atom. The van der Waals surface area contributed by atoms with Crippen molar-refractivity contribution in [1.29, 1.82) is 0 Å². The average Bonchev–Trinajstić information content (AvgIpc) is 3.11. The number of esters is 1. The molecule has 2 fully saturated rings. The van der Waals surface area contributed by atoms with E-state index in [1.165, 1.54) is 4.31 Å². The van der Waals surface area contributed by atoms with Gasteiger partial charge in [0.1, 0.15) is 6.04 Å². The number of sulfonamides is 1. The summed E-state index contributed by atoms with van der Waals surface area (Å²) < 4.78 is 32.4. The van der Waals surface area contributed by atoms with Crippen LogP contribution in [0.25, 0.3) is 0 Å². The van der Waals surface area contributed by atoms with Crippen molar-refractivity contribution >= 4 is 34.5 Å². The molecule has 0 bridgehead atoms. The van der Waals surface area contributed by atoms with E-state index in [-0.39, 0.29) is 35.3 Å². The molecular formula is C20H28N2O5S2. The number of carbonyl (C=O) groups is 2. The first-order valence-corrected chi connectivity index (χ1v) is 12.1. The van der Waals surface area contributed by atoms with Gasteiger partial charge in [0.05, 0.1) is 18.3 Å². The van der Waals surface area contributed by atoms with Gasteiger partial charge in [-0.3, -0.25) is 9.59 Å². The molecule has 0 N–H and O–H groups in total. The van der Waals surface area contributed by atoms with Crippen molar-refractivity contribution in [2.75, 3.05) is 26.2 Å². The van der Waals surface area contributed by atoms with Gasteiger partial charge in [0.15, 0.2) is 0 Å². The zero-order valence-corrected chi connectivity index (χ0v) is 18.3. The lowest BCUT2D eigenvalue weighted by Crippen LogP contribution is -2.50. The van der Waals surface area contributed by atoms with Crippen molar-refractivity contribution < 1.29 is 22.7 Å². The smallest absolute Gasteiger partial charge is 0.309 e. The number of likely N-dealkylation sites (tertiary alicyclic amines) is 1. The Morgan fingerprint density at radius 3 is 2.45 bits per heavy atom. The highest BCUT2D eigenvalue weighted by Crippen LogP contribution is 2.29. The second-order valence-corrected chi connectivity index (χ2v) is 10.2. The van der Waals surface area contributed by atoms with Gasteiger partial charge in [-0.05, 0) is 31.7 Å². The molecule has 0 unspecified atom stereocenters. The van der Waals surface area contributed by atoms with Crippen LogP contribution in [-0.4, -0.2) is 67.0 Å². The Bertz CT molecular complexity index is 823. The van der Waals surface area contributed by atoms with E-state index < -0.39 is 16.1 Å². The lowest BCUT2D eigenvalue weighted by atomic mass is 9.96. The predicted molar refractivity (Wildman–Crippen MR) is 113 cm³/mol. The number of hydrogen-bond acceptors (Lipinski definition) is 6. The number of nitrogens with zero attached hydrogens (tertiary/aromatic N) is 2. The van der Waals surface area contributed by atoms with Crippen LogP contribution < -0.4 is 0 Å². The first-order valence-electron chi connectivity index (χ1n) is 9.98. The van der Waals surface area contributed by atoms with Crippen molar-refractivity contribution in [2.24, 2.45) is 5.92 Å². The molecule has 0 saturated carbocycles. The van der Waals surface area contributed by atoms with E-state index in [1.54, 1.807) is 36.1 Å². The lowest BCUT2D eigenvalue weighted by molar-refractivity contribution is -0.151. The highest BCUT2D eigenvalue weighted by Gasteiger charge is 2.44. The first kappa shape index (κ1) is 22.1. The van der Waals surface area contributed by atoms with Gasteiger partial charge in [-0.1, -0.05) is 30.3 Å². The Hall–Kier alpha value is -1.58. The Kier molecular flexibility index (Phi) is 7.23. The fraction of sp³-hybridized carbons (Fsp3) is 0.600. The minimum absolute atomic E-state index is 0.136. The van der Waals surface area contributed by atoms with Gasteiger partial charge in [0.25, 0.3) is 0 Å². The normalized spacial score (nSPS) is 23.9. The molecule has 0 aromatic heterocycles. The van der Waals surface area contributed by atoms with Gasteiger partial charge in [0, 0.05) is 24.9 Å². The second kappa shape index (κ2) is 9.49. The summed E-state index contributed by atoms with van der Waals surface area (Å²) in [5, 5.41) is -0.174. The van der Waals surface area contributed by atoms with Gasteiger partial charge in [-0.2, -0.15) is 16.9 Å². The van der Waals surface area contributed by atoms with Crippen molar-refractivity contribution in [3.8, 4) is 0 Å². The summed E-state index contributed by atoms with van der Waals surface area (Å²) in [5.41, 5.74) is 0.691. The highest BCUT2D eigenvalue weighted by atomic mass is 32.2. The zero-order valence-electron chi connectivity index (χ0n) is 16.6. The highest BCUT2D eigenvalue weighted by molar-refractivity contribution is 7.88. The number of ether oxygens (including phenoxy) is 1. The summed E-state index contributed by atoms with van der Waals surface area (Å²) in [4.78, 5) is 26.7. The maximum Gasteiger partial charge on any atom is 0.309 e. The standard InChI is InChI=1S/C20H28N2O5S2/c1-2-27-20(24)16-8-10-21(11-9-16)19(23)18-12-17(28)13-22(18)29(25,26)14-15-6-4-3-5-7-15/h3-7,16-18,28H,2,8-14H2,1H3/t17-,18-/m0/s1. The Labute approximate surface area is 177 Å². The van der Waals surface area contributed by atoms with Crippen LogP contribution in [0.3, 0.4) is 0 Å². The number of thiol groups is 1. The van der Waals surface area contributed by atoms with Gasteiger partial charge >= 0.3 is 5.97 Å². The first-order chi connectivity index (χ1) is 13.8. The molecule has 2 aliphatic rings. The van der Waals surface area contributed by atoms with E-state index in [0.29, 0.717) is 44.5 Å². The van der Waals surface area contributed by atoms with Crippen LogP contribution >= 0.6 is 12.6 Å². The van der Waals surface area contributed by atoms with Crippen LogP contribution in [0.15, 0.2) is 30.3 Å². The minimum atomic E-state index is -3.65. The summed E-state index contributed by atoms with van der Waals surface area (Å²) >= 11 is 4.45. The molecule has 2 aliphatic heterocycles. The van der Waals surface area contributed by atoms with Crippen molar-refractivity contribution in [3.63, 3.8) is 0 Å². The molecule has 29 heavy (non-hydrogen) atoms. The molecule has 3 rings (SSSR count). The van der Waals surface area contributed by atoms with E-state index in [1.807, 2.05) is 6.07 Å². The molecule has 2 heterocycles. The van der Waals surface area contributed by atoms with Gasteiger partial charge in [-0.15, -0.1) is 0 Å². The molecule has 160 valence electrons. The van der Waals surface area contributed by atoms with E-state index in [4.69, 9.17) is 4.74 Å². The van der Waals surface area contributed by atoms with E-state index in [2.05, 4.69) is 12.6 Å². The molecule has 1 aromatic rings. The number of rotatable bonds is 6.